The van der Waals surface area contributed by atoms with Gasteiger partial charge in [-0.15, -0.1) is 0 Å². The molecule has 1 aliphatic heterocycles. The Morgan fingerprint density at radius 2 is 2.40 bits per heavy atom. The lowest BCUT2D eigenvalue weighted by Crippen LogP contribution is -2.17. The summed E-state index contributed by atoms with van der Waals surface area (Å²) in [6.45, 7) is 0.592. The van der Waals surface area contributed by atoms with Gasteiger partial charge in [-0.05, 0) is 45.6 Å². The number of methoxy groups -OCH3 is 1. The van der Waals surface area contributed by atoms with Crippen LogP contribution >= 0.6 is 15.9 Å². The van der Waals surface area contributed by atoms with Crippen LogP contribution in [-0.4, -0.2) is 20.0 Å². The maximum absolute atomic E-state index is 10.8. The molecular formula is C11H11BrO3. The summed E-state index contributed by atoms with van der Waals surface area (Å²) in [4.78, 5) is 10.8. The molecule has 80 valence electrons. The predicted octanol–water partition coefficient (Wildman–Crippen LogP) is 2.27. The normalized spacial score (nSPS) is 19.5. The Morgan fingerprint density at radius 3 is 3.07 bits per heavy atom. The van der Waals surface area contributed by atoms with Gasteiger partial charge < -0.3 is 14.3 Å². The molecule has 0 saturated carbocycles. The van der Waals surface area contributed by atoms with Gasteiger partial charge >= 0.3 is 0 Å². The molecular weight excluding hydrogens is 260 g/mol. The first-order valence-electron chi connectivity index (χ1n) is 4.69. The zero-order chi connectivity index (χ0) is 10.8. The molecule has 0 radical (unpaired) electrons. The average Bonchev–Trinajstić information content (AvgIpc) is 2.27. The topological polar surface area (TPSA) is 35.5 Å². The van der Waals surface area contributed by atoms with E-state index in [2.05, 4.69) is 15.9 Å². The van der Waals surface area contributed by atoms with Crippen molar-refractivity contribution in [2.45, 2.75) is 12.5 Å². The van der Waals surface area contributed by atoms with Crippen LogP contribution in [0.2, 0.25) is 0 Å². The lowest BCUT2D eigenvalue weighted by atomic mass is 9.98. The number of hydrogen-bond donors (Lipinski definition) is 0. The number of carbonyl (C=O) groups excluding carboxylic acids is 1. The van der Waals surface area contributed by atoms with Crippen molar-refractivity contribution in [1.82, 2.24) is 0 Å². The zero-order valence-corrected chi connectivity index (χ0v) is 9.91. The minimum absolute atomic E-state index is 0.448. The van der Waals surface area contributed by atoms with Gasteiger partial charge in [-0.1, -0.05) is 0 Å². The summed E-state index contributed by atoms with van der Waals surface area (Å²) in [5.41, 5.74) is 2.06. The molecule has 1 unspecified atom stereocenters. The highest BCUT2D eigenvalue weighted by molar-refractivity contribution is 9.10. The highest BCUT2D eigenvalue weighted by Gasteiger charge is 2.22. The van der Waals surface area contributed by atoms with Crippen LogP contribution in [0.5, 0.6) is 5.75 Å². The third-order valence-electron chi connectivity index (χ3n) is 2.51. The van der Waals surface area contributed by atoms with Gasteiger partial charge in [0.25, 0.3) is 0 Å². The molecule has 1 heterocycles. The monoisotopic (exact) mass is 270 g/mol. The smallest absolute Gasteiger partial charge is 0.153 e. The van der Waals surface area contributed by atoms with Crippen molar-refractivity contribution in [3.8, 4) is 5.75 Å². The predicted molar refractivity (Wildman–Crippen MR) is 59.2 cm³/mol. The van der Waals surface area contributed by atoms with Crippen molar-refractivity contribution in [3.63, 3.8) is 0 Å². The zero-order valence-electron chi connectivity index (χ0n) is 8.33. The number of rotatable bonds is 2. The number of fused-ring (bicyclic) bond motifs is 1. The summed E-state index contributed by atoms with van der Waals surface area (Å²) in [5, 5.41) is 0. The SMILES string of the molecule is COc1cc2c(cc1Br)CCOC2C=O. The van der Waals surface area contributed by atoms with E-state index in [9.17, 15) is 4.79 Å². The van der Waals surface area contributed by atoms with Crippen LogP contribution < -0.4 is 4.74 Å². The van der Waals surface area contributed by atoms with Crippen LogP contribution in [0.4, 0.5) is 0 Å². The second-order valence-corrected chi connectivity index (χ2v) is 4.22. The number of hydrogen-bond acceptors (Lipinski definition) is 3. The standard InChI is InChI=1S/C11H11BrO3/c1-14-10-5-8-7(4-9(10)12)2-3-15-11(8)6-13/h4-6,11H,2-3H2,1H3. The molecule has 15 heavy (non-hydrogen) atoms. The molecule has 2 rings (SSSR count). The molecule has 3 nitrogen and oxygen atoms in total. The fraction of sp³-hybridized carbons (Fsp3) is 0.364. The molecule has 1 atom stereocenters. The third kappa shape index (κ3) is 1.92. The molecule has 1 aliphatic rings. The fourth-order valence-electron chi connectivity index (χ4n) is 1.75. The minimum Gasteiger partial charge on any atom is -0.496 e. The summed E-state index contributed by atoms with van der Waals surface area (Å²) in [5.74, 6) is 0.728. The Labute approximate surface area is 96.5 Å². The van der Waals surface area contributed by atoms with E-state index in [0.717, 1.165) is 34.1 Å². The van der Waals surface area contributed by atoms with Crippen LogP contribution in [0.3, 0.4) is 0 Å². The van der Waals surface area contributed by atoms with E-state index < -0.39 is 6.10 Å². The maximum atomic E-state index is 10.8. The van der Waals surface area contributed by atoms with Crippen molar-refractivity contribution in [3.05, 3.63) is 27.7 Å². The molecule has 0 saturated heterocycles. The van der Waals surface area contributed by atoms with E-state index >= 15 is 0 Å². The highest BCUT2D eigenvalue weighted by Crippen LogP contribution is 2.34. The van der Waals surface area contributed by atoms with Gasteiger partial charge in [0.05, 0.1) is 18.2 Å². The molecule has 0 bridgehead atoms. The minimum atomic E-state index is -0.448. The van der Waals surface area contributed by atoms with Crippen molar-refractivity contribution < 1.29 is 14.3 Å². The van der Waals surface area contributed by atoms with Gasteiger partial charge in [0, 0.05) is 0 Å². The lowest BCUT2D eigenvalue weighted by molar-refractivity contribution is -0.119. The summed E-state index contributed by atoms with van der Waals surface area (Å²) < 4.78 is 11.5. The number of halogens is 1. The average molecular weight is 271 g/mol. The van der Waals surface area contributed by atoms with Crippen LogP contribution in [0.1, 0.15) is 17.2 Å². The maximum Gasteiger partial charge on any atom is 0.153 e. The van der Waals surface area contributed by atoms with E-state index in [4.69, 9.17) is 9.47 Å². The molecule has 1 aromatic carbocycles. The van der Waals surface area contributed by atoms with Gasteiger partial charge in [0.2, 0.25) is 0 Å². The second-order valence-electron chi connectivity index (χ2n) is 3.36. The summed E-state index contributed by atoms with van der Waals surface area (Å²) >= 11 is 3.42. The van der Waals surface area contributed by atoms with Gasteiger partial charge in [0.1, 0.15) is 11.9 Å². The van der Waals surface area contributed by atoms with Crippen molar-refractivity contribution in [2.75, 3.05) is 13.7 Å². The van der Waals surface area contributed by atoms with Crippen LogP contribution in [0.25, 0.3) is 0 Å². The van der Waals surface area contributed by atoms with E-state index in [0.29, 0.717) is 6.61 Å². The van der Waals surface area contributed by atoms with Crippen LogP contribution in [0.15, 0.2) is 16.6 Å². The summed E-state index contributed by atoms with van der Waals surface area (Å²) in [7, 11) is 1.60. The van der Waals surface area contributed by atoms with Crippen LogP contribution in [0, 0.1) is 0 Å². The van der Waals surface area contributed by atoms with Crippen molar-refractivity contribution in [1.29, 1.82) is 0 Å². The van der Waals surface area contributed by atoms with Gasteiger partial charge in [0.15, 0.2) is 6.29 Å². The Hall–Kier alpha value is -0.870. The first-order chi connectivity index (χ1) is 7.26. The van der Waals surface area contributed by atoms with Crippen molar-refractivity contribution in [2.24, 2.45) is 0 Å². The molecule has 0 N–H and O–H groups in total. The molecule has 0 amide bonds. The molecule has 1 aromatic rings. The van der Waals surface area contributed by atoms with E-state index in [1.165, 1.54) is 0 Å². The van der Waals surface area contributed by atoms with Gasteiger partial charge in [-0.2, -0.15) is 0 Å². The first kappa shape index (κ1) is 10.6. The molecule has 0 aliphatic carbocycles. The Balaban J connectivity index is 2.50. The molecule has 0 aromatic heterocycles. The number of benzene rings is 1. The molecule has 0 fully saturated rings. The molecule has 0 spiro atoms. The first-order valence-corrected chi connectivity index (χ1v) is 5.48. The van der Waals surface area contributed by atoms with Gasteiger partial charge in [-0.25, -0.2) is 0 Å². The number of ether oxygens (including phenoxy) is 2. The summed E-state index contributed by atoms with van der Waals surface area (Å²) in [6, 6.07) is 3.85. The number of aldehydes is 1. The van der Waals surface area contributed by atoms with Crippen LogP contribution in [-0.2, 0) is 16.0 Å². The van der Waals surface area contributed by atoms with Crippen molar-refractivity contribution >= 4 is 22.2 Å². The molecule has 4 heteroatoms. The second kappa shape index (κ2) is 4.33. The van der Waals surface area contributed by atoms with E-state index in [-0.39, 0.29) is 0 Å². The fourth-order valence-corrected chi connectivity index (χ4v) is 2.30. The summed E-state index contributed by atoms with van der Waals surface area (Å²) in [6.07, 6.45) is 1.21. The van der Waals surface area contributed by atoms with E-state index in [1.54, 1.807) is 7.11 Å². The van der Waals surface area contributed by atoms with E-state index in [1.807, 2.05) is 12.1 Å². The Morgan fingerprint density at radius 1 is 1.60 bits per heavy atom. The van der Waals surface area contributed by atoms with Gasteiger partial charge in [-0.3, -0.25) is 0 Å². The third-order valence-corrected chi connectivity index (χ3v) is 3.13. The largest absolute Gasteiger partial charge is 0.496 e. The quantitative estimate of drug-likeness (QED) is 0.774. The lowest BCUT2D eigenvalue weighted by Gasteiger charge is -2.23. The number of carbonyl (C=O) groups is 1. The Bertz CT molecular complexity index is 390. The Kier molecular flexibility index (Phi) is 3.07. The highest BCUT2D eigenvalue weighted by atomic mass is 79.9.